The average molecular weight is 294 g/mol. The topological polar surface area (TPSA) is 82.3 Å². The molecule has 0 aliphatic heterocycles. The summed E-state index contributed by atoms with van der Waals surface area (Å²) >= 11 is 0. The Morgan fingerprint density at radius 2 is 2.05 bits per heavy atom. The van der Waals surface area contributed by atoms with E-state index in [1.54, 1.807) is 0 Å². The number of rotatable bonds is 8. The third kappa shape index (κ3) is 5.91. The number of nitrogens with zero attached hydrogens (tertiary/aromatic N) is 2. The first-order chi connectivity index (χ1) is 9.44. The number of nitrogen functional groups attached to an aromatic ring is 1. The molecule has 0 saturated carbocycles. The van der Waals surface area contributed by atoms with Crippen molar-refractivity contribution in [2.75, 3.05) is 37.4 Å². The summed E-state index contributed by atoms with van der Waals surface area (Å²) in [5.74, 6) is 0.558. The summed E-state index contributed by atoms with van der Waals surface area (Å²) in [5.41, 5.74) is 5.99. The van der Waals surface area contributed by atoms with Gasteiger partial charge in [0.15, 0.2) is 5.82 Å². The zero-order valence-corrected chi connectivity index (χ0v) is 11.0. The number of anilines is 2. The quantitative estimate of drug-likeness (QED) is 0.712. The van der Waals surface area contributed by atoms with Crippen molar-refractivity contribution in [1.82, 2.24) is 9.97 Å². The lowest BCUT2D eigenvalue weighted by Gasteiger charge is -2.12. The third-order valence-corrected chi connectivity index (χ3v) is 2.09. The minimum atomic E-state index is -4.32. The molecule has 0 atom stereocenters. The molecule has 0 aromatic carbocycles. The van der Waals surface area contributed by atoms with Crippen molar-refractivity contribution in [3.8, 4) is 5.88 Å². The summed E-state index contributed by atoms with van der Waals surface area (Å²) in [4.78, 5) is 7.76. The van der Waals surface area contributed by atoms with Crippen LogP contribution < -0.4 is 15.8 Å². The zero-order valence-electron chi connectivity index (χ0n) is 11.0. The lowest BCUT2D eigenvalue weighted by molar-refractivity contribution is -0.172. The van der Waals surface area contributed by atoms with Gasteiger partial charge in [-0.25, -0.2) is 4.98 Å². The Morgan fingerprint density at radius 3 is 2.70 bits per heavy atom. The fourth-order valence-electron chi connectivity index (χ4n) is 1.26. The summed E-state index contributed by atoms with van der Waals surface area (Å²) in [5, 5.41) is 2.77. The molecule has 1 aromatic heterocycles. The van der Waals surface area contributed by atoms with Crippen molar-refractivity contribution >= 4 is 11.5 Å². The molecule has 0 spiro atoms. The van der Waals surface area contributed by atoms with Gasteiger partial charge in [0, 0.05) is 6.54 Å². The van der Waals surface area contributed by atoms with Crippen LogP contribution >= 0.6 is 0 Å². The molecule has 3 N–H and O–H groups in total. The number of hydrogen-bond acceptors (Lipinski definition) is 6. The number of nitrogens with two attached hydrogens (primary N) is 1. The van der Waals surface area contributed by atoms with Gasteiger partial charge in [-0.1, -0.05) is 6.92 Å². The van der Waals surface area contributed by atoms with Gasteiger partial charge in [-0.3, -0.25) is 0 Å². The largest absolute Gasteiger partial charge is 0.476 e. The van der Waals surface area contributed by atoms with Gasteiger partial charge in [-0.15, -0.1) is 0 Å². The van der Waals surface area contributed by atoms with E-state index in [0.717, 1.165) is 6.42 Å². The van der Waals surface area contributed by atoms with Gasteiger partial charge >= 0.3 is 6.18 Å². The molecule has 0 saturated heterocycles. The highest BCUT2D eigenvalue weighted by Gasteiger charge is 2.27. The molecular weight excluding hydrogens is 277 g/mol. The van der Waals surface area contributed by atoms with Crippen molar-refractivity contribution in [2.24, 2.45) is 0 Å². The lowest BCUT2D eigenvalue weighted by Crippen LogP contribution is -2.20. The van der Waals surface area contributed by atoms with E-state index < -0.39 is 12.8 Å². The third-order valence-electron chi connectivity index (χ3n) is 2.09. The van der Waals surface area contributed by atoms with Crippen LogP contribution in [0, 0.1) is 0 Å². The maximum Gasteiger partial charge on any atom is 0.411 e. The number of alkyl halides is 3. The molecule has 0 aliphatic carbocycles. The van der Waals surface area contributed by atoms with Gasteiger partial charge in [0.2, 0.25) is 5.88 Å². The van der Waals surface area contributed by atoms with E-state index in [-0.39, 0.29) is 24.7 Å². The van der Waals surface area contributed by atoms with Crippen LogP contribution in [0.5, 0.6) is 5.88 Å². The molecule has 0 radical (unpaired) electrons. The summed E-state index contributed by atoms with van der Waals surface area (Å²) < 4.78 is 45.3. The van der Waals surface area contributed by atoms with Crippen LogP contribution in [-0.2, 0) is 4.74 Å². The maximum absolute atomic E-state index is 11.8. The summed E-state index contributed by atoms with van der Waals surface area (Å²) in [6, 6.07) is 0. The number of hydrogen-bond donors (Lipinski definition) is 2. The Bertz CT molecular complexity index is 415. The van der Waals surface area contributed by atoms with E-state index in [2.05, 4.69) is 20.0 Å². The molecule has 114 valence electrons. The molecular formula is C11H17F3N4O2. The summed E-state index contributed by atoms with van der Waals surface area (Å²) in [6.45, 7) is 1.15. The van der Waals surface area contributed by atoms with Crippen LogP contribution in [0.1, 0.15) is 13.3 Å². The van der Waals surface area contributed by atoms with Crippen LogP contribution in [0.3, 0.4) is 0 Å². The van der Waals surface area contributed by atoms with Crippen molar-refractivity contribution in [2.45, 2.75) is 19.5 Å². The Hall–Kier alpha value is -1.77. The predicted molar refractivity (Wildman–Crippen MR) is 67.6 cm³/mol. The molecule has 20 heavy (non-hydrogen) atoms. The van der Waals surface area contributed by atoms with Crippen LogP contribution in [0.2, 0.25) is 0 Å². The fraction of sp³-hybridized carbons (Fsp3) is 0.636. The van der Waals surface area contributed by atoms with Gasteiger partial charge < -0.3 is 20.5 Å². The average Bonchev–Trinajstić information content (AvgIpc) is 2.37. The minimum Gasteiger partial charge on any atom is -0.476 e. The lowest BCUT2D eigenvalue weighted by atomic mass is 10.4. The smallest absolute Gasteiger partial charge is 0.411 e. The van der Waals surface area contributed by atoms with Gasteiger partial charge in [0.1, 0.15) is 18.6 Å². The van der Waals surface area contributed by atoms with Crippen molar-refractivity contribution in [1.29, 1.82) is 0 Å². The number of ether oxygens (including phenoxy) is 2. The van der Waals surface area contributed by atoms with E-state index in [0.29, 0.717) is 12.4 Å². The molecule has 0 amide bonds. The Kier molecular flexibility index (Phi) is 6.29. The monoisotopic (exact) mass is 294 g/mol. The van der Waals surface area contributed by atoms with Gasteiger partial charge in [0.05, 0.1) is 13.2 Å². The molecule has 0 aliphatic rings. The van der Waals surface area contributed by atoms with Crippen molar-refractivity contribution in [3.63, 3.8) is 0 Å². The molecule has 0 bridgehead atoms. The van der Waals surface area contributed by atoms with Crippen LogP contribution in [0.25, 0.3) is 0 Å². The van der Waals surface area contributed by atoms with Crippen LogP contribution in [0.4, 0.5) is 24.7 Å². The summed E-state index contributed by atoms with van der Waals surface area (Å²) in [7, 11) is 0. The normalized spacial score (nSPS) is 11.4. The molecule has 1 rings (SSSR count). The Balaban J connectivity index is 2.40. The SMILES string of the molecule is CCCOc1ncnc(NCCOCC(F)(F)F)c1N. The first-order valence-corrected chi connectivity index (χ1v) is 6.05. The first-order valence-electron chi connectivity index (χ1n) is 6.05. The number of nitrogens with one attached hydrogen (secondary N) is 1. The number of halogens is 3. The van der Waals surface area contributed by atoms with E-state index >= 15 is 0 Å². The highest BCUT2D eigenvalue weighted by Crippen LogP contribution is 2.24. The molecule has 1 aromatic rings. The highest BCUT2D eigenvalue weighted by molar-refractivity contribution is 5.66. The van der Waals surface area contributed by atoms with Crippen molar-refractivity contribution < 1.29 is 22.6 Å². The van der Waals surface area contributed by atoms with E-state index in [1.165, 1.54) is 6.33 Å². The first kappa shape index (κ1) is 16.3. The second kappa shape index (κ2) is 7.73. The predicted octanol–water partition coefficient (Wildman–Crippen LogP) is 1.84. The maximum atomic E-state index is 11.8. The Labute approximate surface area is 114 Å². The minimum absolute atomic E-state index is 0.117. The van der Waals surface area contributed by atoms with Gasteiger partial charge in [-0.2, -0.15) is 18.2 Å². The van der Waals surface area contributed by atoms with E-state index in [1.807, 2.05) is 6.92 Å². The van der Waals surface area contributed by atoms with Gasteiger partial charge in [-0.05, 0) is 6.42 Å². The van der Waals surface area contributed by atoms with Crippen LogP contribution in [0.15, 0.2) is 6.33 Å². The van der Waals surface area contributed by atoms with E-state index in [9.17, 15) is 13.2 Å². The molecule has 0 fully saturated rings. The van der Waals surface area contributed by atoms with Crippen molar-refractivity contribution in [3.05, 3.63) is 6.33 Å². The second-order valence-electron chi connectivity index (χ2n) is 3.88. The van der Waals surface area contributed by atoms with Gasteiger partial charge in [0.25, 0.3) is 0 Å². The highest BCUT2D eigenvalue weighted by atomic mass is 19.4. The van der Waals surface area contributed by atoms with Crippen LogP contribution in [-0.4, -0.2) is 42.5 Å². The standard InChI is InChI=1S/C11H17F3N4O2/c1-2-4-20-10-8(15)9(17-7-18-10)16-3-5-19-6-11(12,13)14/h7H,2-6,15H2,1H3,(H,16,17,18). The molecule has 1 heterocycles. The fourth-order valence-corrected chi connectivity index (χ4v) is 1.26. The Morgan fingerprint density at radius 1 is 1.30 bits per heavy atom. The zero-order chi connectivity index (χ0) is 15.0. The molecule has 0 unspecified atom stereocenters. The second-order valence-corrected chi connectivity index (χ2v) is 3.88. The number of aromatic nitrogens is 2. The van der Waals surface area contributed by atoms with E-state index in [4.69, 9.17) is 10.5 Å². The molecule has 6 nitrogen and oxygen atoms in total. The molecule has 9 heteroatoms. The summed E-state index contributed by atoms with van der Waals surface area (Å²) in [6.07, 6.45) is -2.26.